The van der Waals surface area contributed by atoms with E-state index in [0.717, 1.165) is 0 Å². The number of methoxy groups -OCH3 is 2. The molecule has 0 amide bonds. The van der Waals surface area contributed by atoms with E-state index in [1.165, 1.54) is 20.3 Å². The topological polar surface area (TPSA) is 55.8 Å². The van der Waals surface area contributed by atoms with Gasteiger partial charge in [-0.2, -0.15) is 0 Å². The van der Waals surface area contributed by atoms with Crippen molar-refractivity contribution in [2.75, 3.05) is 14.2 Å². The molecule has 1 N–H and O–H groups in total. The first-order valence-corrected chi connectivity index (χ1v) is 5.42. The molecule has 0 aromatic heterocycles. The van der Waals surface area contributed by atoms with Crippen molar-refractivity contribution in [3.8, 4) is 17.2 Å². The number of carbonyl (C=O) groups is 1. The lowest BCUT2D eigenvalue weighted by Gasteiger charge is -2.16. The fraction of sp³-hybridized carbons (Fsp3) is 0.462. The summed E-state index contributed by atoms with van der Waals surface area (Å²) in [5.74, 6) is 0.413. The predicted octanol–water partition coefficient (Wildman–Crippen LogP) is 2.56. The molecule has 0 aliphatic rings. The summed E-state index contributed by atoms with van der Waals surface area (Å²) < 4.78 is 10.3. The summed E-state index contributed by atoms with van der Waals surface area (Å²) in [5, 5.41) is 9.90. The van der Waals surface area contributed by atoms with Crippen LogP contribution in [0.4, 0.5) is 0 Å². The van der Waals surface area contributed by atoms with Crippen LogP contribution in [0.3, 0.4) is 0 Å². The number of hydrogen-bond acceptors (Lipinski definition) is 4. The highest BCUT2D eigenvalue weighted by molar-refractivity contribution is 6.03. The first-order chi connectivity index (χ1) is 7.93. The highest BCUT2D eigenvalue weighted by Gasteiger charge is 2.24. The molecule has 1 rings (SSSR count). The number of aromatic hydroxyl groups is 1. The van der Waals surface area contributed by atoms with Gasteiger partial charge in [0.2, 0.25) is 0 Å². The van der Waals surface area contributed by atoms with Gasteiger partial charge in [-0.1, -0.05) is 13.8 Å². The molecular weight excluding hydrogens is 220 g/mol. The Kier molecular flexibility index (Phi) is 3.99. The van der Waals surface area contributed by atoms with Crippen LogP contribution in [0.15, 0.2) is 6.07 Å². The highest BCUT2D eigenvalue weighted by Crippen LogP contribution is 2.39. The second-order valence-corrected chi connectivity index (χ2v) is 4.15. The zero-order valence-electron chi connectivity index (χ0n) is 10.8. The number of ketones is 1. The Morgan fingerprint density at radius 3 is 2.29 bits per heavy atom. The van der Waals surface area contributed by atoms with Crippen LogP contribution in [0.1, 0.15) is 29.8 Å². The monoisotopic (exact) mass is 238 g/mol. The molecule has 4 nitrogen and oxygen atoms in total. The maximum atomic E-state index is 12.0. The maximum absolute atomic E-state index is 12.0. The predicted molar refractivity (Wildman–Crippen MR) is 65.1 cm³/mol. The number of benzene rings is 1. The van der Waals surface area contributed by atoms with Gasteiger partial charge in [0.05, 0.1) is 14.2 Å². The quantitative estimate of drug-likeness (QED) is 0.819. The van der Waals surface area contributed by atoms with Crippen molar-refractivity contribution in [2.45, 2.75) is 20.8 Å². The lowest BCUT2D eigenvalue weighted by molar-refractivity contribution is 0.0933. The number of ether oxygens (including phenoxy) is 2. The molecular formula is C13H18O4. The molecule has 1 aromatic rings. The number of phenols is 1. The van der Waals surface area contributed by atoms with Crippen molar-refractivity contribution >= 4 is 5.78 Å². The van der Waals surface area contributed by atoms with Crippen LogP contribution in [0.25, 0.3) is 0 Å². The largest absolute Gasteiger partial charge is 0.507 e. The number of phenolic OH excluding ortho intramolecular Hbond substituents is 1. The highest BCUT2D eigenvalue weighted by atomic mass is 16.5. The molecule has 0 aliphatic carbocycles. The summed E-state index contributed by atoms with van der Waals surface area (Å²) in [6.07, 6.45) is 0. The Morgan fingerprint density at radius 1 is 1.29 bits per heavy atom. The smallest absolute Gasteiger partial charge is 0.172 e. The third-order valence-electron chi connectivity index (χ3n) is 2.66. The van der Waals surface area contributed by atoms with Crippen molar-refractivity contribution in [1.82, 2.24) is 0 Å². The minimum atomic E-state index is -0.206. The van der Waals surface area contributed by atoms with Crippen LogP contribution < -0.4 is 9.47 Å². The molecule has 4 heteroatoms. The molecule has 0 saturated carbocycles. The average molecular weight is 238 g/mol. The summed E-state index contributed by atoms with van der Waals surface area (Å²) in [4.78, 5) is 12.0. The van der Waals surface area contributed by atoms with Gasteiger partial charge in [0, 0.05) is 17.5 Å². The average Bonchev–Trinajstić information content (AvgIpc) is 2.29. The Bertz CT molecular complexity index is 436. The van der Waals surface area contributed by atoms with Gasteiger partial charge >= 0.3 is 0 Å². The Balaban J connectivity index is 3.49. The molecule has 17 heavy (non-hydrogen) atoms. The van der Waals surface area contributed by atoms with Crippen LogP contribution >= 0.6 is 0 Å². The number of rotatable bonds is 4. The molecule has 0 radical (unpaired) electrons. The van der Waals surface area contributed by atoms with Crippen LogP contribution in [-0.2, 0) is 0 Å². The number of carbonyl (C=O) groups excluding carboxylic acids is 1. The second-order valence-electron chi connectivity index (χ2n) is 4.15. The van der Waals surface area contributed by atoms with Crippen LogP contribution in [-0.4, -0.2) is 25.1 Å². The van der Waals surface area contributed by atoms with Gasteiger partial charge < -0.3 is 14.6 Å². The standard InChI is InChI=1S/C13H18O4/c1-7(2)12(15)11-9(14)6-10(16-4)8(3)13(11)17-5/h6-7,14H,1-5H3. The van der Waals surface area contributed by atoms with Gasteiger partial charge in [-0.25, -0.2) is 0 Å². The maximum Gasteiger partial charge on any atom is 0.172 e. The van der Waals surface area contributed by atoms with E-state index >= 15 is 0 Å². The van der Waals surface area contributed by atoms with E-state index in [-0.39, 0.29) is 23.0 Å². The third kappa shape index (κ3) is 2.35. The minimum Gasteiger partial charge on any atom is -0.507 e. The Labute approximate surface area is 101 Å². The van der Waals surface area contributed by atoms with Gasteiger partial charge in [-0.15, -0.1) is 0 Å². The zero-order valence-corrected chi connectivity index (χ0v) is 10.8. The Hall–Kier alpha value is -1.71. The van der Waals surface area contributed by atoms with E-state index in [9.17, 15) is 9.90 Å². The number of Topliss-reactive ketones (excluding diaryl/α,β-unsaturated/α-hetero) is 1. The number of hydrogen-bond donors (Lipinski definition) is 1. The summed E-state index contributed by atoms with van der Waals surface area (Å²) in [7, 11) is 2.98. The molecule has 0 heterocycles. The summed E-state index contributed by atoms with van der Waals surface area (Å²) in [6, 6.07) is 1.44. The van der Waals surface area contributed by atoms with Crippen LogP contribution in [0.5, 0.6) is 17.2 Å². The Morgan fingerprint density at radius 2 is 1.88 bits per heavy atom. The van der Waals surface area contributed by atoms with E-state index in [2.05, 4.69) is 0 Å². The molecule has 0 saturated heterocycles. The van der Waals surface area contributed by atoms with E-state index in [4.69, 9.17) is 9.47 Å². The normalized spacial score (nSPS) is 10.5. The molecule has 1 aromatic carbocycles. The van der Waals surface area contributed by atoms with Gasteiger partial charge in [0.25, 0.3) is 0 Å². The lowest BCUT2D eigenvalue weighted by atomic mass is 9.96. The lowest BCUT2D eigenvalue weighted by Crippen LogP contribution is -2.11. The van der Waals surface area contributed by atoms with E-state index in [1.54, 1.807) is 20.8 Å². The van der Waals surface area contributed by atoms with Crippen molar-refractivity contribution in [3.63, 3.8) is 0 Å². The van der Waals surface area contributed by atoms with E-state index < -0.39 is 0 Å². The molecule has 0 unspecified atom stereocenters. The fourth-order valence-corrected chi connectivity index (χ4v) is 1.71. The molecule has 0 bridgehead atoms. The van der Waals surface area contributed by atoms with E-state index in [1.807, 2.05) is 0 Å². The first-order valence-electron chi connectivity index (χ1n) is 5.42. The third-order valence-corrected chi connectivity index (χ3v) is 2.66. The first kappa shape index (κ1) is 13.4. The molecule has 0 spiro atoms. The zero-order chi connectivity index (χ0) is 13.2. The van der Waals surface area contributed by atoms with Crippen LogP contribution in [0, 0.1) is 12.8 Å². The SMILES string of the molecule is COc1cc(O)c(C(=O)C(C)C)c(OC)c1C. The van der Waals surface area contributed by atoms with Crippen molar-refractivity contribution in [1.29, 1.82) is 0 Å². The van der Waals surface area contributed by atoms with Crippen molar-refractivity contribution < 1.29 is 19.4 Å². The van der Waals surface area contributed by atoms with Crippen LogP contribution in [0.2, 0.25) is 0 Å². The van der Waals surface area contributed by atoms with Gasteiger partial charge in [-0.3, -0.25) is 4.79 Å². The molecule has 94 valence electrons. The molecule has 0 atom stereocenters. The summed E-state index contributed by atoms with van der Waals surface area (Å²) in [6.45, 7) is 5.34. The second kappa shape index (κ2) is 5.08. The summed E-state index contributed by atoms with van der Waals surface area (Å²) in [5.41, 5.74) is 0.928. The molecule has 0 aliphatic heterocycles. The van der Waals surface area contributed by atoms with Gasteiger partial charge in [0.15, 0.2) is 5.78 Å². The fourth-order valence-electron chi connectivity index (χ4n) is 1.71. The van der Waals surface area contributed by atoms with Crippen molar-refractivity contribution in [2.24, 2.45) is 5.92 Å². The van der Waals surface area contributed by atoms with E-state index in [0.29, 0.717) is 17.1 Å². The summed E-state index contributed by atoms with van der Waals surface area (Å²) >= 11 is 0. The van der Waals surface area contributed by atoms with Gasteiger partial charge in [-0.05, 0) is 6.92 Å². The van der Waals surface area contributed by atoms with Gasteiger partial charge in [0.1, 0.15) is 22.8 Å². The van der Waals surface area contributed by atoms with Crippen molar-refractivity contribution in [3.05, 3.63) is 17.2 Å². The molecule has 0 fully saturated rings. The minimum absolute atomic E-state index is 0.108.